The number of amides is 2. The maximum Gasteiger partial charge on any atom is 0.286 e. The molecule has 1 N–H and O–H groups in total. The Morgan fingerprint density at radius 3 is 2.77 bits per heavy atom. The van der Waals surface area contributed by atoms with Gasteiger partial charge >= 0.3 is 0 Å². The summed E-state index contributed by atoms with van der Waals surface area (Å²) in [5.74, 6) is -0.623. The molecule has 9 heteroatoms. The molecule has 0 bridgehead atoms. The van der Waals surface area contributed by atoms with E-state index in [9.17, 15) is 14.0 Å². The average molecular weight is 459 g/mol. The standard InChI is InChI=1S/C22H20ClFN4O2S/c23-16-4-1-5-18(12-16)25-20(30)22-27-26-21(31-22)15-3-2-10-28(13-15)19(29)11-14-6-8-17(24)9-7-14/h1,4-9,12,15H,2-3,10-11,13H2,(H,25,30). The lowest BCUT2D eigenvalue weighted by atomic mass is 9.98. The molecule has 2 amide bonds. The van der Waals surface area contributed by atoms with Gasteiger partial charge in [-0.25, -0.2) is 4.39 Å². The maximum absolute atomic E-state index is 13.1. The third kappa shape index (κ3) is 5.45. The van der Waals surface area contributed by atoms with Gasteiger partial charge in [0.25, 0.3) is 5.91 Å². The van der Waals surface area contributed by atoms with Crippen LogP contribution in [0.2, 0.25) is 5.02 Å². The van der Waals surface area contributed by atoms with E-state index in [1.165, 1.54) is 23.5 Å². The molecule has 3 aromatic rings. The van der Waals surface area contributed by atoms with Crippen molar-refractivity contribution in [3.05, 3.63) is 74.9 Å². The van der Waals surface area contributed by atoms with Gasteiger partial charge in [0.2, 0.25) is 10.9 Å². The SMILES string of the molecule is O=C(Nc1cccc(Cl)c1)c1nnc(C2CCCN(C(=O)Cc3ccc(F)cc3)C2)s1. The summed E-state index contributed by atoms with van der Waals surface area (Å²) in [5, 5.41) is 12.6. The third-order valence-electron chi connectivity index (χ3n) is 5.11. The molecule has 1 saturated heterocycles. The molecule has 4 rings (SSSR count). The highest BCUT2D eigenvalue weighted by molar-refractivity contribution is 7.13. The van der Waals surface area contributed by atoms with Crippen molar-refractivity contribution in [1.29, 1.82) is 0 Å². The molecule has 0 saturated carbocycles. The van der Waals surface area contributed by atoms with E-state index in [2.05, 4.69) is 15.5 Å². The first kappa shape index (κ1) is 21.4. The zero-order chi connectivity index (χ0) is 21.8. The fraction of sp³-hybridized carbons (Fsp3) is 0.273. The summed E-state index contributed by atoms with van der Waals surface area (Å²) in [6.45, 7) is 1.21. The monoisotopic (exact) mass is 458 g/mol. The van der Waals surface area contributed by atoms with Crippen molar-refractivity contribution >= 4 is 40.4 Å². The highest BCUT2D eigenvalue weighted by Gasteiger charge is 2.28. The number of benzene rings is 2. The van der Waals surface area contributed by atoms with Crippen LogP contribution in [0.1, 0.15) is 39.1 Å². The van der Waals surface area contributed by atoms with Crippen LogP contribution in [0, 0.1) is 5.82 Å². The predicted octanol–water partition coefficient (Wildman–Crippen LogP) is 4.53. The molecule has 1 fully saturated rings. The van der Waals surface area contributed by atoms with Crippen LogP contribution in [0.15, 0.2) is 48.5 Å². The zero-order valence-corrected chi connectivity index (χ0v) is 18.1. The van der Waals surface area contributed by atoms with E-state index in [0.717, 1.165) is 23.4 Å². The van der Waals surface area contributed by atoms with Crippen LogP contribution in [0.4, 0.5) is 10.1 Å². The average Bonchev–Trinajstić information content (AvgIpc) is 3.26. The van der Waals surface area contributed by atoms with Crippen LogP contribution in [-0.4, -0.2) is 40.0 Å². The Kier molecular flexibility index (Phi) is 6.58. The Morgan fingerprint density at radius 1 is 1.19 bits per heavy atom. The van der Waals surface area contributed by atoms with Gasteiger partial charge in [-0.15, -0.1) is 10.2 Å². The number of rotatable bonds is 5. The van der Waals surface area contributed by atoms with Crippen LogP contribution < -0.4 is 5.32 Å². The van der Waals surface area contributed by atoms with Crippen molar-refractivity contribution in [3.63, 3.8) is 0 Å². The van der Waals surface area contributed by atoms with Gasteiger partial charge < -0.3 is 10.2 Å². The molecule has 160 valence electrons. The summed E-state index contributed by atoms with van der Waals surface area (Å²) >= 11 is 7.20. The molecule has 6 nitrogen and oxygen atoms in total. The lowest BCUT2D eigenvalue weighted by Crippen LogP contribution is -2.39. The Labute approximate surface area is 188 Å². The summed E-state index contributed by atoms with van der Waals surface area (Å²) in [7, 11) is 0. The number of aromatic nitrogens is 2. The van der Waals surface area contributed by atoms with Crippen molar-refractivity contribution in [2.24, 2.45) is 0 Å². The number of piperidine rings is 1. The van der Waals surface area contributed by atoms with Crippen molar-refractivity contribution < 1.29 is 14.0 Å². The first-order chi connectivity index (χ1) is 15.0. The molecular formula is C22H20ClFN4O2S. The van der Waals surface area contributed by atoms with E-state index in [-0.39, 0.29) is 35.0 Å². The van der Waals surface area contributed by atoms with Gasteiger partial charge in [0.05, 0.1) is 6.42 Å². The van der Waals surface area contributed by atoms with Crippen LogP contribution in [0.3, 0.4) is 0 Å². The minimum atomic E-state index is -0.342. The molecule has 1 aliphatic rings. The van der Waals surface area contributed by atoms with Crippen molar-refractivity contribution in [3.8, 4) is 0 Å². The molecule has 0 aliphatic carbocycles. The molecule has 31 heavy (non-hydrogen) atoms. The molecule has 1 unspecified atom stereocenters. The van der Waals surface area contributed by atoms with E-state index >= 15 is 0 Å². The van der Waals surface area contributed by atoms with Gasteiger partial charge in [-0.3, -0.25) is 9.59 Å². The van der Waals surface area contributed by atoms with Gasteiger partial charge in [0.1, 0.15) is 10.8 Å². The van der Waals surface area contributed by atoms with Crippen molar-refractivity contribution in [2.75, 3.05) is 18.4 Å². The van der Waals surface area contributed by atoms with Gasteiger partial charge in [0, 0.05) is 29.7 Å². The molecule has 2 heterocycles. The Hall–Kier alpha value is -2.84. The van der Waals surface area contributed by atoms with Gasteiger partial charge in [-0.1, -0.05) is 41.1 Å². The highest BCUT2D eigenvalue weighted by atomic mass is 35.5. The highest BCUT2D eigenvalue weighted by Crippen LogP contribution is 2.30. The number of hydrogen-bond donors (Lipinski definition) is 1. The fourth-order valence-electron chi connectivity index (χ4n) is 3.54. The molecular weight excluding hydrogens is 439 g/mol. The minimum absolute atomic E-state index is 0.000235. The van der Waals surface area contributed by atoms with E-state index in [4.69, 9.17) is 11.6 Å². The first-order valence-electron chi connectivity index (χ1n) is 9.90. The summed E-state index contributed by atoms with van der Waals surface area (Å²) < 4.78 is 13.1. The second kappa shape index (κ2) is 9.53. The second-order valence-electron chi connectivity index (χ2n) is 7.39. The fourth-order valence-corrected chi connectivity index (χ4v) is 4.59. The van der Waals surface area contributed by atoms with Crippen molar-refractivity contribution in [2.45, 2.75) is 25.2 Å². The topological polar surface area (TPSA) is 75.2 Å². The predicted molar refractivity (Wildman–Crippen MR) is 118 cm³/mol. The quantitative estimate of drug-likeness (QED) is 0.609. The van der Waals surface area contributed by atoms with Gasteiger partial charge in [0.15, 0.2) is 0 Å². The normalized spacial score (nSPS) is 16.2. The number of hydrogen-bond acceptors (Lipinski definition) is 5. The summed E-state index contributed by atoms with van der Waals surface area (Å²) in [6, 6.07) is 12.9. The summed E-state index contributed by atoms with van der Waals surface area (Å²) in [6.07, 6.45) is 1.96. The first-order valence-corrected chi connectivity index (χ1v) is 11.1. The number of likely N-dealkylation sites (tertiary alicyclic amines) is 1. The largest absolute Gasteiger partial charge is 0.342 e. The molecule has 1 aromatic heterocycles. The van der Waals surface area contributed by atoms with Crippen LogP contribution in [-0.2, 0) is 11.2 Å². The summed E-state index contributed by atoms with van der Waals surface area (Å²) in [4.78, 5) is 27.0. The van der Waals surface area contributed by atoms with E-state index in [1.54, 1.807) is 36.4 Å². The zero-order valence-electron chi connectivity index (χ0n) is 16.6. The molecule has 1 aliphatic heterocycles. The summed E-state index contributed by atoms with van der Waals surface area (Å²) in [5.41, 5.74) is 1.37. The Bertz CT molecular complexity index is 1090. The third-order valence-corrected chi connectivity index (χ3v) is 6.43. The Balaban J connectivity index is 1.38. The molecule has 2 aromatic carbocycles. The number of carbonyl (C=O) groups is 2. The van der Waals surface area contributed by atoms with Crippen LogP contribution in [0.5, 0.6) is 0 Å². The van der Waals surface area contributed by atoms with E-state index < -0.39 is 0 Å². The lowest BCUT2D eigenvalue weighted by molar-refractivity contribution is -0.131. The smallest absolute Gasteiger partial charge is 0.286 e. The van der Waals surface area contributed by atoms with Crippen LogP contribution >= 0.6 is 22.9 Å². The second-order valence-corrected chi connectivity index (χ2v) is 8.84. The van der Waals surface area contributed by atoms with Gasteiger partial charge in [-0.2, -0.15) is 0 Å². The number of anilines is 1. The van der Waals surface area contributed by atoms with E-state index in [1.807, 2.05) is 4.90 Å². The van der Waals surface area contributed by atoms with E-state index in [0.29, 0.717) is 23.8 Å². The molecule has 0 radical (unpaired) electrons. The number of nitrogens with one attached hydrogen (secondary N) is 1. The van der Waals surface area contributed by atoms with Crippen LogP contribution in [0.25, 0.3) is 0 Å². The minimum Gasteiger partial charge on any atom is -0.342 e. The van der Waals surface area contributed by atoms with Crippen molar-refractivity contribution in [1.82, 2.24) is 15.1 Å². The molecule has 0 spiro atoms. The number of nitrogens with zero attached hydrogens (tertiary/aromatic N) is 3. The van der Waals surface area contributed by atoms with Gasteiger partial charge in [-0.05, 0) is 48.7 Å². The number of carbonyl (C=O) groups excluding carboxylic acids is 2. The number of halogens is 2. The lowest BCUT2D eigenvalue weighted by Gasteiger charge is -2.31. The maximum atomic E-state index is 13.1. The molecule has 1 atom stereocenters. The Morgan fingerprint density at radius 2 is 2.00 bits per heavy atom.